The van der Waals surface area contributed by atoms with Gasteiger partial charge in [0.2, 0.25) is 0 Å². The van der Waals surface area contributed by atoms with Crippen LogP contribution >= 0.6 is 15.9 Å². The summed E-state index contributed by atoms with van der Waals surface area (Å²) >= 11 is 3.44. The van der Waals surface area contributed by atoms with Crippen LogP contribution in [0.4, 0.5) is 0 Å². The lowest BCUT2D eigenvalue weighted by Gasteiger charge is -2.21. The first-order chi connectivity index (χ1) is 10.2. The number of oxime groups is 1. The molecule has 1 atom stereocenters. The van der Waals surface area contributed by atoms with E-state index >= 15 is 0 Å². The van der Waals surface area contributed by atoms with Crippen LogP contribution in [-0.2, 0) is 11.3 Å². The second-order valence-corrected chi connectivity index (χ2v) is 6.25. The Kier molecular flexibility index (Phi) is 4.01. The summed E-state index contributed by atoms with van der Waals surface area (Å²) in [6.45, 7) is 2.19. The van der Waals surface area contributed by atoms with Gasteiger partial charge in [-0.2, -0.15) is 10.2 Å². The molecule has 0 unspecified atom stereocenters. The zero-order valence-electron chi connectivity index (χ0n) is 12.0. The van der Waals surface area contributed by atoms with Gasteiger partial charge in [-0.15, -0.1) is 0 Å². The second kappa shape index (κ2) is 5.93. The van der Waals surface area contributed by atoms with Gasteiger partial charge in [0.25, 0.3) is 0 Å². The molecule has 0 fully saturated rings. The number of halogens is 1. The molecule has 0 N–H and O–H groups in total. The maximum absolute atomic E-state index is 4.98. The van der Waals surface area contributed by atoms with E-state index in [9.17, 15) is 0 Å². The van der Waals surface area contributed by atoms with E-state index in [2.05, 4.69) is 44.3 Å². The highest BCUT2D eigenvalue weighted by Gasteiger charge is 2.23. The Morgan fingerprint density at radius 1 is 1.19 bits per heavy atom. The minimum atomic E-state index is 0.513. The highest BCUT2D eigenvalue weighted by atomic mass is 79.9. The van der Waals surface area contributed by atoms with Gasteiger partial charge in [0.15, 0.2) is 0 Å². The SMILES string of the molecule is CON=C1C[C@H](C)Cc2nnc(-c3ccc(Br)cc3)cc21. The number of fused-ring (bicyclic) bond motifs is 1. The largest absolute Gasteiger partial charge is 0.399 e. The molecule has 0 bridgehead atoms. The molecule has 1 aromatic carbocycles. The molecule has 1 aliphatic rings. The van der Waals surface area contributed by atoms with Gasteiger partial charge in [0.05, 0.1) is 17.1 Å². The van der Waals surface area contributed by atoms with E-state index in [1.165, 1.54) is 0 Å². The van der Waals surface area contributed by atoms with Gasteiger partial charge in [-0.05, 0) is 37.0 Å². The molecule has 4 nitrogen and oxygen atoms in total. The molecule has 0 spiro atoms. The van der Waals surface area contributed by atoms with Crippen LogP contribution in [0.15, 0.2) is 40.0 Å². The fraction of sp³-hybridized carbons (Fsp3) is 0.312. The van der Waals surface area contributed by atoms with Gasteiger partial charge in [-0.1, -0.05) is 40.1 Å². The molecule has 0 saturated carbocycles. The van der Waals surface area contributed by atoms with E-state index in [1.54, 1.807) is 7.11 Å². The van der Waals surface area contributed by atoms with E-state index in [0.29, 0.717) is 5.92 Å². The molecule has 1 aliphatic carbocycles. The first-order valence-electron chi connectivity index (χ1n) is 6.90. The molecule has 5 heteroatoms. The fourth-order valence-electron chi connectivity index (χ4n) is 2.62. The summed E-state index contributed by atoms with van der Waals surface area (Å²) in [5.74, 6) is 0.513. The highest BCUT2D eigenvalue weighted by molar-refractivity contribution is 9.10. The lowest BCUT2D eigenvalue weighted by Crippen LogP contribution is -2.21. The molecule has 0 saturated heterocycles. The summed E-state index contributed by atoms with van der Waals surface area (Å²) in [5.41, 5.74) is 4.93. The minimum absolute atomic E-state index is 0.513. The molecular weight excluding hydrogens is 330 g/mol. The number of benzene rings is 1. The van der Waals surface area contributed by atoms with Crippen molar-refractivity contribution in [3.8, 4) is 11.3 Å². The van der Waals surface area contributed by atoms with Crippen LogP contribution < -0.4 is 0 Å². The fourth-order valence-corrected chi connectivity index (χ4v) is 2.88. The van der Waals surface area contributed by atoms with E-state index in [1.807, 2.05) is 24.3 Å². The average molecular weight is 346 g/mol. The van der Waals surface area contributed by atoms with E-state index in [4.69, 9.17) is 4.84 Å². The van der Waals surface area contributed by atoms with Crippen molar-refractivity contribution >= 4 is 21.6 Å². The third kappa shape index (κ3) is 2.97. The third-order valence-corrected chi connectivity index (χ3v) is 4.14. The number of hydrogen-bond donors (Lipinski definition) is 0. The Hall–Kier alpha value is -1.75. The number of hydrogen-bond acceptors (Lipinski definition) is 4. The molecule has 1 heterocycles. The van der Waals surface area contributed by atoms with Crippen LogP contribution in [0.1, 0.15) is 24.6 Å². The zero-order valence-corrected chi connectivity index (χ0v) is 13.6. The number of nitrogens with zero attached hydrogens (tertiary/aromatic N) is 3. The quantitative estimate of drug-likeness (QED) is 0.777. The molecule has 2 aromatic rings. The predicted molar refractivity (Wildman–Crippen MR) is 86.2 cm³/mol. The summed E-state index contributed by atoms with van der Waals surface area (Å²) in [5, 5.41) is 12.9. The first-order valence-corrected chi connectivity index (χ1v) is 7.69. The van der Waals surface area contributed by atoms with Crippen LogP contribution in [0.2, 0.25) is 0 Å². The van der Waals surface area contributed by atoms with Crippen LogP contribution in [-0.4, -0.2) is 23.0 Å². The lowest BCUT2D eigenvalue weighted by atomic mass is 9.86. The standard InChI is InChI=1S/C16H16BrN3O/c1-10-7-15-13(16(8-10)20-21-2)9-14(18-19-15)11-3-5-12(17)6-4-11/h3-6,9-10H,7-8H2,1-2H3/t10-/m1/s1. The number of rotatable bonds is 2. The smallest absolute Gasteiger partial charge is 0.106 e. The van der Waals surface area contributed by atoms with Crippen molar-refractivity contribution in [2.45, 2.75) is 19.8 Å². The summed E-state index contributed by atoms with van der Waals surface area (Å²) in [7, 11) is 1.58. The van der Waals surface area contributed by atoms with Crippen LogP contribution in [0, 0.1) is 5.92 Å². The first kappa shape index (κ1) is 14.2. The molecule has 108 valence electrons. The molecule has 3 rings (SSSR count). The van der Waals surface area contributed by atoms with Crippen molar-refractivity contribution in [2.24, 2.45) is 11.1 Å². The topological polar surface area (TPSA) is 47.4 Å². The van der Waals surface area contributed by atoms with Crippen LogP contribution in [0.25, 0.3) is 11.3 Å². The van der Waals surface area contributed by atoms with Crippen molar-refractivity contribution < 1.29 is 4.84 Å². The molecule has 21 heavy (non-hydrogen) atoms. The van der Waals surface area contributed by atoms with Crippen molar-refractivity contribution in [1.29, 1.82) is 0 Å². The summed E-state index contributed by atoms with van der Waals surface area (Å²) in [6, 6.07) is 10.1. The van der Waals surface area contributed by atoms with E-state index in [0.717, 1.165) is 45.5 Å². The average Bonchev–Trinajstić information content (AvgIpc) is 2.48. The zero-order chi connectivity index (χ0) is 14.8. The van der Waals surface area contributed by atoms with Crippen molar-refractivity contribution in [3.05, 3.63) is 46.1 Å². The van der Waals surface area contributed by atoms with Crippen molar-refractivity contribution in [3.63, 3.8) is 0 Å². The van der Waals surface area contributed by atoms with Gasteiger partial charge >= 0.3 is 0 Å². The Morgan fingerprint density at radius 2 is 1.95 bits per heavy atom. The second-order valence-electron chi connectivity index (χ2n) is 5.33. The van der Waals surface area contributed by atoms with E-state index in [-0.39, 0.29) is 0 Å². The normalized spacial score (nSPS) is 19.4. The Balaban J connectivity index is 2.05. The Bertz CT molecular complexity index is 682. The third-order valence-electron chi connectivity index (χ3n) is 3.61. The Morgan fingerprint density at radius 3 is 2.67 bits per heavy atom. The molecular formula is C16H16BrN3O. The summed E-state index contributed by atoms with van der Waals surface area (Å²) in [6.07, 6.45) is 1.85. The van der Waals surface area contributed by atoms with Gasteiger partial charge in [-0.25, -0.2) is 0 Å². The van der Waals surface area contributed by atoms with Gasteiger partial charge in [0, 0.05) is 15.6 Å². The summed E-state index contributed by atoms with van der Waals surface area (Å²) in [4.78, 5) is 4.98. The molecule has 0 radical (unpaired) electrons. The van der Waals surface area contributed by atoms with Crippen LogP contribution in [0.3, 0.4) is 0 Å². The van der Waals surface area contributed by atoms with Gasteiger partial charge in [0.1, 0.15) is 7.11 Å². The lowest BCUT2D eigenvalue weighted by molar-refractivity contribution is 0.212. The maximum atomic E-state index is 4.98. The van der Waals surface area contributed by atoms with Crippen molar-refractivity contribution in [2.75, 3.05) is 7.11 Å². The number of aromatic nitrogens is 2. The molecule has 0 aliphatic heterocycles. The molecule has 1 aromatic heterocycles. The van der Waals surface area contributed by atoms with Crippen LogP contribution in [0.5, 0.6) is 0 Å². The summed E-state index contributed by atoms with van der Waals surface area (Å²) < 4.78 is 1.05. The van der Waals surface area contributed by atoms with Gasteiger partial charge < -0.3 is 4.84 Å². The predicted octanol–water partition coefficient (Wildman–Crippen LogP) is 3.84. The van der Waals surface area contributed by atoms with E-state index < -0.39 is 0 Å². The Labute approximate surface area is 132 Å². The maximum Gasteiger partial charge on any atom is 0.106 e. The van der Waals surface area contributed by atoms with Crippen molar-refractivity contribution in [1.82, 2.24) is 10.2 Å². The highest BCUT2D eigenvalue weighted by Crippen LogP contribution is 2.27. The molecule has 0 amide bonds. The minimum Gasteiger partial charge on any atom is -0.399 e. The monoisotopic (exact) mass is 345 g/mol. The van der Waals surface area contributed by atoms with Gasteiger partial charge in [-0.3, -0.25) is 0 Å².